The van der Waals surface area contributed by atoms with Crippen LogP contribution in [0.4, 0.5) is 4.79 Å². The van der Waals surface area contributed by atoms with Gasteiger partial charge in [-0.25, -0.2) is 4.79 Å². The highest BCUT2D eigenvalue weighted by atomic mass is 16.2. The van der Waals surface area contributed by atoms with Gasteiger partial charge >= 0.3 is 6.03 Å². The molecule has 22 heavy (non-hydrogen) atoms. The Labute approximate surface area is 130 Å². The summed E-state index contributed by atoms with van der Waals surface area (Å²) < 4.78 is 1.61. The van der Waals surface area contributed by atoms with Crippen LogP contribution in [0.3, 0.4) is 0 Å². The van der Waals surface area contributed by atoms with Crippen LogP contribution >= 0.6 is 0 Å². The Kier molecular flexibility index (Phi) is 5.57. The number of amides is 3. The van der Waals surface area contributed by atoms with Gasteiger partial charge in [-0.2, -0.15) is 5.10 Å². The quantitative estimate of drug-likeness (QED) is 0.788. The summed E-state index contributed by atoms with van der Waals surface area (Å²) in [4.78, 5) is 25.6. The molecule has 0 aliphatic carbocycles. The predicted molar refractivity (Wildman–Crippen MR) is 83.4 cm³/mol. The zero-order valence-corrected chi connectivity index (χ0v) is 12.9. The SMILES string of the molecule is C=CCNC(=O)N1CCC(CNC(=O)c2cnn(C)c2)CC1. The summed E-state index contributed by atoms with van der Waals surface area (Å²) in [5.74, 6) is 0.309. The number of rotatable bonds is 5. The summed E-state index contributed by atoms with van der Waals surface area (Å²) in [6.45, 7) is 6.14. The lowest BCUT2D eigenvalue weighted by atomic mass is 9.97. The minimum absolute atomic E-state index is 0.0438. The van der Waals surface area contributed by atoms with Gasteiger partial charge in [0, 0.05) is 39.4 Å². The molecule has 0 unspecified atom stereocenters. The molecule has 0 spiro atoms. The van der Waals surface area contributed by atoms with Crippen LogP contribution < -0.4 is 10.6 Å². The van der Waals surface area contributed by atoms with Gasteiger partial charge in [-0.3, -0.25) is 9.48 Å². The van der Waals surface area contributed by atoms with E-state index in [1.54, 1.807) is 30.2 Å². The highest BCUT2D eigenvalue weighted by molar-refractivity contribution is 5.93. The third kappa shape index (κ3) is 4.34. The van der Waals surface area contributed by atoms with Gasteiger partial charge < -0.3 is 15.5 Å². The van der Waals surface area contributed by atoms with Gasteiger partial charge in [0.1, 0.15) is 0 Å². The molecule has 120 valence electrons. The standard InChI is InChI=1S/C15H23N5O2/c1-3-6-16-15(22)20-7-4-12(5-8-20)9-17-14(21)13-10-18-19(2)11-13/h3,10-12H,1,4-9H2,2H3,(H,16,22)(H,17,21). The second-order valence-corrected chi connectivity index (χ2v) is 5.52. The molecule has 0 bridgehead atoms. The summed E-state index contributed by atoms with van der Waals surface area (Å²) in [6, 6.07) is -0.0438. The van der Waals surface area contributed by atoms with Gasteiger partial charge in [0.25, 0.3) is 5.91 Å². The van der Waals surface area contributed by atoms with E-state index in [0.717, 1.165) is 25.9 Å². The maximum absolute atomic E-state index is 11.9. The fraction of sp³-hybridized carbons (Fsp3) is 0.533. The van der Waals surface area contributed by atoms with Crippen molar-refractivity contribution in [3.05, 3.63) is 30.6 Å². The van der Waals surface area contributed by atoms with Crippen molar-refractivity contribution in [3.63, 3.8) is 0 Å². The number of piperidine rings is 1. The Balaban J connectivity index is 1.70. The normalized spacial score (nSPS) is 15.4. The zero-order chi connectivity index (χ0) is 15.9. The molecule has 7 heteroatoms. The van der Waals surface area contributed by atoms with Crippen LogP contribution in [0.5, 0.6) is 0 Å². The van der Waals surface area contributed by atoms with E-state index >= 15 is 0 Å². The molecule has 1 aliphatic rings. The number of hydrogen-bond donors (Lipinski definition) is 2. The third-order valence-corrected chi connectivity index (χ3v) is 3.82. The Morgan fingerprint density at radius 2 is 2.14 bits per heavy atom. The van der Waals surface area contributed by atoms with E-state index < -0.39 is 0 Å². The number of carbonyl (C=O) groups is 2. The number of aryl methyl sites for hydroxylation is 1. The maximum Gasteiger partial charge on any atom is 0.317 e. The summed E-state index contributed by atoms with van der Waals surface area (Å²) in [5.41, 5.74) is 0.573. The highest BCUT2D eigenvalue weighted by Gasteiger charge is 2.22. The molecule has 0 aromatic carbocycles. The van der Waals surface area contributed by atoms with Crippen LogP contribution in [0.1, 0.15) is 23.2 Å². The molecule has 0 saturated carbocycles. The zero-order valence-electron chi connectivity index (χ0n) is 12.9. The topological polar surface area (TPSA) is 79.3 Å². The van der Waals surface area contributed by atoms with Gasteiger partial charge in [0.15, 0.2) is 0 Å². The van der Waals surface area contributed by atoms with Crippen LogP contribution in [-0.4, -0.2) is 52.8 Å². The fourth-order valence-corrected chi connectivity index (χ4v) is 2.49. The molecule has 1 fully saturated rings. The van der Waals surface area contributed by atoms with E-state index in [2.05, 4.69) is 22.3 Å². The molecule has 3 amide bonds. The molecule has 2 heterocycles. The van der Waals surface area contributed by atoms with Gasteiger partial charge in [-0.15, -0.1) is 6.58 Å². The lowest BCUT2D eigenvalue weighted by Crippen LogP contribution is -2.46. The summed E-state index contributed by atoms with van der Waals surface area (Å²) in [5, 5.41) is 9.70. The van der Waals surface area contributed by atoms with E-state index in [9.17, 15) is 9.59 Å². The van der Waals surface area contributed by atoms with E-state index in [-0.39, 0.29) is 11.9 Å². The van der Waals surface area contributed by atoms with Crippen molar-refractivity contribution in [3.8, 4) is 0 Å². The van der Waals surface area contributed by atoms with Crippen molar-refractivity contribution < 1.29 is 9.59 Å². The predicted octanol–water partition coefficient (Wildman–Crippen LogP) is 0.758. The van der Waals surface area contributed by atoms with E-state index in [0.29, 0.717) is 24.6 Å². The lowest BCUT2D eigenvalue weighted by Gasteiger charge is -2.32. The minimum Gasteiger partial charge on any atom is -0.352 e. The van der Waals surface area contributed by atoms with Crippen LogP contribution in [0.2, 0.25) is 0 Å². The monoisotopic (exact) mass is 305 g/mol. The van der Waals surface area contributed by atoms with Gasteiger partial charge in [-0.05, 0) is 18.8 Å². The third-order valence-electron chi connectivity index (χ3n) is 3.82. The van der Waals surface area contributed by atoms with Crippen molar-refractivity contribution in [2.75, 3.05) is 26.2 Å². The fourth-order valence-electron chi connectivity index (χ4n) is 2.49. The molecule has 1 aliphatic heterocycles. The molecule has 0 radical (unpaired) electrons. The van der Waals surface area contributed by atoms with Crippen molar-refractivity contribution in [1.82, 2.24) is 25.3 Å². The average molecular weight is 305 g/mol. The van der Waals surface area contributed by atoms with Crippen molar-refractivity contribution >= 4 is 11.9 Å². The molecular weight excluding hydrogens is 282 g/mol. The molecule has 0 atom stereocenters. The number of aromatic nitrogens is 2. The van der Waals surface area contributed by atoms with Crippen LogP contribution in [0.15, 0.2) is 25.0 Å². The molecule has 1 aromatic rings. The van der Waals surface area contributed by atoms with Crippen LogP contribution in [0.25, 0.3) is 0 Å². The van der Waals surface area contributed by atoms with Gasteiger partial charge in [0.05, 0.1) is 11.8 Å². The number of carbonyl (C=O) groups excluding carboxylic acids is 2. The van der Waals surface area contributed by atoms with Crippen LogP contribution in [-0.2, 0) is 7.05 Å². The van der Waals surface area contributed by atoms with Crippen molar-refractivity contribution in [2.45, 2.75) is 12.8 Å². The van der Waals surface area contributed by atoms with Gasteiger partial charge in [0.2, 0.25) is 0 Å². The minimum atomic E-state index is -0.0979. The summed E-state index contributed by atoms with van der Waals surface area (Å²) in [7, 11) is 1.78. The number of nitrogens with one attached hydrogen (secondary N) is 2. The lowest BCUT2D eigenvalue weighted by molar-refractivity contribution is 0.0938. The second-order valence-electron chi connectivity index (χ2n) is 5.52. The number of hydrogen-bond acceptors (Lipinski definition) is 3. The highest BCUT2D eigenvalue weighted by Crippen LogP contribution is 2.16. The van der Waals surface area contributed by atoms with E-state index in [1.807, 2.05) is 4.90 Å². The molecule has 2 N–H and O–H groups in total. The Morgan fingerprint density at radius 3 is 2.73 bits per heavy atom. The van der Waals surface area contributed by atoms with E-state index in [1.165, 1.54) is 0 Å². The number of urea groups is 1. The Hall–Kier alpha value is -2.31. The number of likely N-dealkylation sites (tertiary alicyclic amines) is 1. The first-order valence-corrected chi connectivity index (χ1v) is 7.50. The first-order chi connectivity index (χ1) is 10.6. The summed E-state index contributed by atoms with van der Waals surface area (Å²) in [6.07, 6.45) is 6.71. The van der Waals surface area contributed by atoms with Crippen LogP contribution in [0, 0.1) is 5.92 Å². The molecule has 1 saturated heterocycles. The smallest absolute Gasteiger partial charge is 0.317 e. The Morgan fingerprint density at radius 1 is 1.41 bits per heavy atom. The van der Waals surface area contributed by atoms with E-state index in [4.69, 9.17) is 0 Å². The first-order valence-electron chi connectivity index (χ1n) is 7.50. The second kappa shape index (κ2) is 7.63. The summed E-state index contributed by atoms with van der Waals surface area (Å²) >= 11 is 0. The first kappa shape index (κ1) is 16.1. The maximum atomic E-state index is 11.9. The van der Waals surface area contributed by atoms with Crippen molar-refractivity contribution in [2.24, 2.45) is 13.0 Å². The molecular formula is C15H23N5O2. The molecule has 2 rings (SSSR count). The van der Waals surface area contributed by atoms with Crippen molar-refractivity contribution in [1.29, 1.82) is 0 Å². The molecule has 7 nitrogen and oxygen atoms in total. The largest absolute Gasteiger partial charge is 0.352 e. The number of nitrogens with zero attached hydrogens (tertiary/aromatic N) is 3. The molecule has 1 aromatic heterocycles. The Bertz CT molecular complexity index is 532. The average Bonchev–Trinajstić information content (AvgIpc) is 2.97. The van der Waals surface area contributed by atoms with Gasteiger partial charge in [-0.1, -0.05) is 6.08 Å².